The van der Waals surface area contributed by atoms with Crippen molar-refractivity contribution in [3.8, 4) is 28.5 Å². The molecule has 0 unspecified atom stereocenters. The third kappa shape index (κ3) is 2.39. The molecule has 2 heterocycles. The number of aromatic nitrogens is 4. The Bertz CT molecular complexity index is 1150. The van der Waals surface area contributed by atoms with Crippen LogP contribution in [0.4, 0.5) is 4.39 Å². The van der Waals surface area contributed by atoms with E-state index in [2.05, 4.69) is 15.1 Å². The number of carbonyl (C=O) groups is 1. The van der Waals surface area contributed by atoms with Gasteiger partial charge in [-0.1, -0.05) is 30.3 Å². The number of imidazole rings is 1. The van der Waals surface area contributed by atoms with E-state index < -0.39 is 11.7 Å². The number of H-pyrrole nitrogens is 1. The zero-order valence-corrected chi connectivity index (χ0v) is 13.7. The summed E-state index contributed by atoms with van der Waals surface area (Å²) in [6.07, 6.45) is 0. The lowest BCUT2D eigenvalue weighted by molar-refractivity contribution is 0.0996. The van der Waals surface area contributed by atoms with Crippen LogP contribution < -0.4 is 5.73 Å². The van der Waals surface area contributed by atoms with E-state index in [1.165, 1.54) is 10.7 Å². The van der Waals surface area contributed by atoms with Gasteiger partial charge in [-0.05, 0) is 6.07 Å². The van der Waals surface area contributed by atoms with Gasteiger partial charge in [0.05, 0.1) is 16.6 Å². The number of nitrogens with two attached hydrogens (primary N) is 1. The molecule has 4 aromatic rings. The lowest BCUT2D eigenvalue weighted by Gasteiger charge is -1.98. The minimum Gasteiger partial charge on any atom is -0.504 e. The number of hydrogen-bond acceptors (Lipinski definition) is 4. The zero-order chi connectivity index (χ0) is 18.4. The highest BCUT2D eigenvalue weighted by molar-refractivity contribution is 5.97. The van der Waals surface area contributed by atoms with Crippen LogP contribution in [0.25, 0.3) is 33.8 Å². The topological polar surface area (TPSA) is 110 Å². The number of amides is 1. The summed E-state index contributed by atoms with van der Waals surface area (Å²) in [6, 6.07) is 11.7. The smallest absolute Gasteiger partial charge is 0.251 e. The van der Waals surface area contributed by atoms with Crippen LogP contribution in [0.2, 0.25) is 0 Å². The predicted octanol–water partition coefficient (Wildman–Crippen LogP) is 2.57. The Morgan fingerprint density at radius 1 is 1.27 bits per heavy atom. The van der Waals surface area contributed by atoms with Crippen molar-refractivity contribution in [1.82, 2.24) is 19.7 Å². The highest BCUT2D eigenvalue weighted by Crippen LogP contribution is 2.36. The fourth-order valence-corrected chi connectivity index (χ4v) is 2.90. The number of benzene rings is 2. The first-order chi connectivity index (χ1) is 12.5. The molecule has 2 aromatic heterocycles. The molecule has 7 nitrogen and oxygen atoms in total. The van der Waals surface area contributed by atoms with E-state index in [0.717, 1.165) is 11.6 Å². The molecule has 4 rings (SSSR count). The van der Waals surface area contributed by atoms with Crippen molar-refractivity contribution in [2.75, 3.05) is 0 Å². The van der Waals surface area contributed by atoms with Gasteiger partial charge in [-0.3, -0.25) is 9.48 Å². The Morgan fingerprint density at radius 3 is 2.69 bits per heavy atom. The first-order valence-electron chi connectivity index (χ1n) is 7.76. The van der Waals surface area contributed by atoms with E-state index in [1.54, 1.807) is 7.05 Å². The van der Waals surface area contributed by atoms with Gasteiger partial charge in [-0.15, -0.1) is 0 Å². The summed E-state index contributed by atoms with van der Waals surface area (Å²) in [4.78, 5) is 18.6. The maximum absolute atomic E-state index is 13.9. The maximum Gasteiger partial charge on any atom is 0.251 e. The number of aryl methyl sites for hydroxylation is 1. The van der Waals surface area contributed by atoms with Crippen LogP contribution >= 0.6 is 0 Å². The molecule has 0 aliphatic rings. The number of nitrogens with one attached hydrogen (secondary N) is 1. The molecule has 0 saturated carbocycles. The number of carbonyl (C=O) groups excluding carboxylic acids is 1. The second kappa shape index (κ2) is 5.69. The molecule has 4 N–H and O–H groups in total. The number of halogens is 1. The van der Waals surface area contributed by atoms with Crippen molar-refractivity contribution in [1.29, 1.82) is 0 Å². The van der Waals surface area contributed by atoms with Gasteiger partial charge in [0, 0.05) is 18.7 Å². The molecule has 0 aliphatic heterocycles. The molecule has 2 aromatic carbocycles. The number of aromatic amines is 1. The molecule has 0 bridgehead atoms. The molecular formula is C18H14FN5O2. The average molecular weight is 351 g/mol. The minimum absolute atomic E-state index is 0.0478. The van der Waals surface area contributed by atoms with E-state index in [9.17, 15) is 14.3 Å². The Balaban J connectivity index is 1.88. The molecule has 1 amide bonds. The Labute approximate surface area is 146 Å². The van der Waals surface area contributed by atoms with Gasteiger partial charge in [0.15, 0.2) is 11.6 Å². The largest absolute Gasteiger partial charge is 0.504 e. The third-order valence-electron chi connectivity index (χ3n) is 4.13. The number of primary amides is 1. The van der Waals surface area contributed by atoms with Gasteiger partial charge in [0.25, 0.3) is 5.91 Å². The fraction of sp³-hybridized carbons (Fsp3) is 0.0556. The molecule has 130 valence electrons. The lowest BCUT2D eigenvalue weighted by Crippen LogP contribution is -2.12. The quantitative estimate of drug-likeness (QED) is 0.527. The van der Waals surface area contributed by atoms with Crippen LogP contribution in [0.5, 0.6) is 5.75 Å². The highest BCUT2D eigenvalue weighted by atomic mass is 19.1. The van der Waals surface area contributed by atoms with Crippen molar-refractivity contribution in [3.05, 3.63) is 53.8 Å². The first kappa shape index (κ1) is 15.8. The molecule has 0 radical (unpaired) electrons. The van der Waals surface area contributed by atoms with Gasteiger partial charge in [-0.25, -0.2) is 9.37 Å². The molecule has 26 heavy (non-hydrogen) atoms. The monoisotopic (exact) mass is 351 g/mol. The van der Waals surface area contributed by atoms with Gasteiger partial charge >= 0.3 is 0 Å². The third-order valence-corrected chi connectivity index (χ3v) is 4.13. The van der Waals surface area contributed by atoms with E-state index >= 15 is 0 Å². The van der Waals surface area contributed by atoms with Crippen LogP contribution in [0.1, 0.15) is 10.4 Å². The first-order valence-corrected chi connectivity index (χ1v) is 7.76. The van der Waals surface area contributed by atoms with Crippen molar-refractivity contribution >= 4 is 16.9 Å². The van der Waals surface area contributed by atoms with E-state index in [1.807, 2.05) is 30.3 Å². The fourth-order valence-electron chi connectivity index (χ4n) is 2.90. The van der Waals surface area contributed by atoms with Crippen LogP contribution in [-0.4, -0.2) is 30.8 Å². The highest BCUT2D eigenvalue weighted by Gasteiger charge is 2.21. The molecular weight excluding hydrogens is 337 g/mol. The number of nitrogens with zero attached hydrogens (tertiary/aromatic N) is 3. The Hall–Kier alpha value is -3.68. The van der Waals surface area contributed by atoms with Crippen LogP contribution in [0.3, 0.4) is 0 Å². The van der Waals surface area contributed by atoms with Gasteiger partial charge in [-0.2, -0.15) is 5.10 Å². The van der Waals surface area contributed by atoms with E-state index in [4.69, 9.17) is 5.73 Å². The number of aromatic hydroxyl groups is 1. The van der Waals surface area contributed by atoms with Crippen LogP contribution in [-0.2, 0) is 7.05 Å². The second-order valence-corrected chi connectivity index (χ2v) is 5.83. The normalized spacial score (nSPS) is 11.2. The summed E-state index contributed by atoms with van der Waals surface area (Å²) < 4.78 is 15.4. The zero-order valence-electron chi connectivity index (χ0n) is 13.7. The minimum atomic E-state index is -0.865. The summed E-state index contributed by atoms with van der Waals surface area (Å²) in [7, 11) is 1.67. The van der Waals surface area contributed by atoms with Gasteiger partial charge in [0.1, 0.15) is 17.2 Å². The molecule has 0 saturated heterocycles. The Kier molecular flexibility index (Phi) is 3.47. The second-order valence-electron chi connectivity index (χ2n) is 5.83. The predicted molar refractivity (Wildman–Crippen MR) is 93.9 cm³/mol. The van der Waals surface area contributed by atoms with Crippen molar-refractivity contribution < 1.29 is 14.3 Å². The van der Waals surface area contributed by atoms with Crippen molar-refractivity contribution in [2.24, 2.45) is 12.8 Å². The molecule has 0 fully saturated rings. The number of hydrogen-bond donors (Lipinski definition) is 3. The van der Waals surface area contributed by atoms with Crippen LogP contribution in [0, 0.1) is 5.82 Å². The van der Waals surface area contributed by atoms with Gasteiger partial charge < -0.3 is 15.8 Å². The molecule has 8 heteroatoms. The van der Waals surface area contributed by atoms with E-state index in [-0.39, 0.29) is 11.3 Å². The molecule has 0 aliphatic carbocycles. The summed E-state index contributed by atoms with van der Waals surface area (Å²) >= 11 is 0. The summed E-state index contributed by atoms with van der Waals surface area (Å²) in [5, 5.41) is 15.0. The van der Waals surface area contributed by atoms with Crippen molar-refractivity contribution in [2.45, 2.75) is 0 Å². The average Bonchev–Trinajstić information content (AvgIpc) is 3.14. The van der Waals surface area contributed by atoms with Crippen LogP contribution in [0.15, 0.2) is 42.5 Å². The van der Waals surface area contributed by atoms with Gasteiger partial charge in [0.2, 0.25) is 0 Å². The van der Waals surface area contributed by atoms with Crippen molar-refractivity contribution in [3.63, 3.8) is 0 Å². The summed E-state index contributed by atoms with van der Waals surface area (Å²) in [5.74, 6) is -1.36. The summed E-state index contributed by atoms with van der Waals surface area (Å²) in [5.41, 5.74) is 7.19. The Morgan fingerprint density at radius 2 is 2.00 bits per heavy atom. The number of rotatable bonds is 3. The molecule has 0 atom stereocenters. The standard InChI is InChI=1S/C18H14FN5O2/c1-24-15(16(25)14(23-24)9-5-3-2-4-6-9)18-21-12-7-10(17(20)26)11(19)8-13(12)22-18/h2-8,25H,1H3,(H2,20,26)(H,21,22). The maximum atomic E-state index is 13.9. The summed E-state index contributed by atoms with van der Waals surface area (Å²) in [6.45, 7) is 0. The molecule has 0 spiro atoms. The lowest BCUT2D eigenvalue weighted by atomic mass is 10.1. The van der Waals surface area contributed by atoms with E-state index in [0.29, 0.717) is 28.2 Å². The number of fused-ring (bicyclic) bond motifs is 1. The SMILES string of the molecule is Cn1nc(-c2ccccc2)c(O)c1-c1nc2cc(F)c(C(N)=O)cc2[nH]1.